The number of halogens is 8. The van der Waals surface area contributed by atoms with Gasteiger partial charge in [0.2, 0.25) is 5.91 Å². The number of amides is 1. The number of hydrogen-bond acceptors (Lipinski definition) is 7. The van der Waals surface area contributed by atoms with Crippen LogP contribution in [0.3, 0.4) is 0 Å². The molecule has 0 aliphatic carbocycles. The van der Waals surface area contributed by atoms with Crippen LogP contribution in [-0.4, -0.2) is 71.0 Å². The highest BCUT2D eigenvalue weighted by Crippen LogP contribution is 2.32. The first-order valence-corrected chi connectivity index (χ1v) is 13.2. The van der Waals surface area contributed by atoms with Crippen LogP contribution in [0.1, 0.15) is 17.8 Å². The van der Waals surface area contributed by atoms with Gasteiger partial charge in [-0.3, -0.25) is 9.36 Å². The molecule has 0 saturated carbocycles. The molecule has 11 nitrogen and oxygen atoms in total. The molecule has 4 heterocycles. The predicted octanol–water partition coefficient (Wildman–Crippen LogP) is 3.16. The van der Waals surface area contributed by atoms with Gasteiger partial charge in [-0.15, -0.1) is 10.2 Å². The number of nitrogens with zero attached hydrogens (tertiary/aromatic N) is 7. The van der Waals surface area contributed by atoms with E-state index >= 15 is 0 Å². The summed E-state index contributed by atoms with van der Waals surface area (Å²) in [5.74, 6) is -2.12. The third kappa shape index (κ3) is 6.75. The number of carbonyl (C=O) groups excluding carboxylic acids is 1. The Hall–Kier alpha value is -4.32. The lowest BCUT2D eigenvalue weighted by Crippen LogP contribution is -2.53. The molecule has 0 spiro atoms. The van der Waals surface area contributed by atoms with Gasteiger partial charge in [0.25, 0.3) is 0 Å². The predicted molar refractivity (Wildman–Crippen MR) is 139 cm³/mol. The zero-order valence-electron chi connectivity index (χ0n) is 22.1. The number of benzene rings is 1. The van der Waals surface area contributed by atoms with Crippen LogP contribution in [0, 0.1) is 0 Å². The molecular formula is C25H21ClF7N9O2. The van der Waals surface area contributed by atoms with Crippen LogP contribution in [0.4, 0.5) is 30.7 Å². The highest BCUT2D eigenvalue weighted by atomic mass is 35.5. The number of alkyl halides is 7. The molecule has 3 aromatic heterocycles. The monoisotopic (exact) mass is 647 g/mol. The van der Waals surface area contributed by atoms with Gasteiger partial charge in [-0.1, -0.05) is 11.6 Å². The highest BCUT2D eigenvalue weighted by molar-refractivity contribution is 6.30. The number of carbonyl (C=O) groups is 1. The van der Waals surface area contributed by atoms with E-state index in [0.717, 1.165) is 34.0 Å². The van der Waals surface area contributed by atoms with E-state index in [-0.39, 0.29) is 30.2 Å². The van der Waals surface area contributed by atoms with Crippen molar-refractivity contribution >= 4 is 17.5 Å². The maximum absolute atomic E-state index is 14.1. The molecule has 1 saturated heterocycles. The van der Waals surface area contributed by atoms with Crippen molar-refractivity contribution in [3.63, 3.8) is 0 Å². The molecule has 0 radical (unpaired) electrons. The number of pyridine rings is 1. The van der Waals surface area contributed by atoms with E-state index < -0.39 is 66.7 Å². The molecule has 2 N–H and O–H groups in total. The van der Waals surface area contributed by atoms with Crippen LogP contribution >= 0.6 is 11.6 Å². The van der Waals surface area contributed by atoms with Crippen molar-refractivity contribution in [2.24, 2.45) is 0 Å². The third-order valence-corrected chi connectivity index (χ3v) is 6.89. The molecule has 1 aromatic carbocycles. The van der Waals surface area contributed by atoms with Crippen LogP contribution < -0.4 is 16.3 Å². The van der Waals surface area contributed by atoms with Crippen molar-refractivity contribution in [1.82, 2.24) is 44.7 Å². The van der Waals surface area contributed by atoms with Crippen LogP contribution in [0.25, 0.3) is 17.2 Å². The lowest BCUT2D eigenvalue weighted by molar-refractivity contribution is -0.164. The Morgan fingerprint density at radius 1 is 1.09 bits per heavy atom. The second-order valence-electron chi connectivity index (χ2n) is 9.76. The first-order chi connectivity index (χ1) is 20.7. The number of nitrogens with one attached hydrogen (secondary N) is 2. The van der Waals surface area contributed by atoms with Crippen LogP contribution in [-0.2, 0) is 24.1 Å². The van der Waals surface area contributed by atoms with Gasteiger partial charge < -0.3 is 10.6 Å². The summed E-state index contributed by atoms with van der Waals surface area (Å²) < 4.78 is 98.4. The smallest absolute Gasteiger partial charge is 0.342 e. The molecule has 1 aliphatic heterocycles. The lowest BCUT2D eigenvalue weighted by atomic mass is 10.1. The van der Waals surface area contributed by atoms with Crippen molar-refractivity contribution in [3.05, 3.63) is 75.8 Å². The first kappa shape index (κ1) is 31.1. The fraction of sp³-hybridized carbons (Fsp3) is 0.360. The van der Waals surface area contributed by atoms with Gasteiger partial charge >= 0.3 is 18.0 Å². The summed E-state index contributed by atoms with van der Waals surface area (Å²) in [5, 5.41) is 12.7. The summed E-state index contributed by atoms with van der Waals surface area (Å²) in [4.78, 5) is 33.5. The van der Waals surface area contributed by atoms with Crippen LogP contribution in [0.2, 0.25) is 5.02 Å². The molecular weight excluding hydrogens is 627 g/mol. The fourth-order valence-corrected chi connectivity index (χ4v) is 4.63. The average molecular weight is 648 g/mol. The first-order valence-electron chi connectivity index (χ1n) is 12.8. The minimum atomic E-state index is -5.03. The molecule has 3 atom stereocenters. The second kappa shape index (κ2) is 12.0. The summed E-state index contributed by atoms with van der Waals surface area (Å²) in [6, 6.07) is 3.77. The van der Waals surface area contributed by atoms with Gasteiger partial charge in [0.05, 0.1) is 12.6 Å². The molecule has 5 rings (SSSR count). The SMILES string of the molecule is O=C(NC(Cn1c(-c2ccc(Cl)cc2)nn(Cc2ncn(-c3ncccc3C(F)(F)F)n2)c1=O)C(F)(F)F)[C@@H]1C[C@H](F)CN1. The molecule has 1 unspecified atom stereocenters. The number of aromatic nitrogens is 7. The largest absolute Gasteiger partial charge is 0.420 e. The summed E-state index contributed by atoms with van der Waals surface area (Å²) >= 11 is 5.93. The van der Waals surface area contributed by atoms with Gasteiger partial charge in [0, 0.05) is 29.7 Å². The van der Waals surface area contributed by atoms with E-state index in [1.165, 1.54) is 24.3 Å². The summed E-state index contributed by atoms with van der Waals surface area (Å²) in [6.07, 6.45) is -9.45. The summed E-state index contributed by atoms with van der Waals surface area (Å²) in [5.41, 5.74) is -1.97. The Labute approximate surface area is 247 Å². The quantitative estimate of drug-likeness (QED) is 0.282. The zero-order chi connectivity index (χ0) is 31.8. The number of rotatable bonds is 8. The molecule has 19 heteroatoms. The standard InChI is InChI=1S/C25H21ClF7N9O2/c26-14-5-3-13(4-6-14)20-39-41(11-19-36-12-42(38-19)21-16(24(28,29)30)2-1-7-34-21)23(44)40(20)10-18(25(31,32)33)37-22(43)17-8-15(27)9-35-17/h1-7,12,15,17-18,35H,8-11H2,(H,37,43)/t15-,17-,18?/m0/s1. The Kier molecular flexibility index (Phi) is 8.48. The highest BCUT2D eigenvalue weighted by Gasteiger charge is 2.43. The van der Waals surface area contributed by atoms with Crippen molar-refractivity contribution in [2.45, 2.75) is 50.1 Å². The topological polar surface area (TPSA) is 125 Å². The second-order valence-corrected chi connectivity index (χ2v) is 10.2. The Morgan fingerprint density at radius 2 is 1.82 bits per heavy atom. The molecule has 234 valence electrons. The van der Waals surface area contributed by atoms with Gasteiger partial charge in [-0.25, -0.2) is 28.5 Å². The van der Waals surface area contributed by atoms with Crippen LogP contribution in [0.15, 0.2) is 53.7 Å². The van der Waals surface area contributed by atoms with E-state index in [9.17, 15) is 40.3 Å². The van der Waals surface area contributed by atoms with E-state index in [1.807, 2.05) is 5.32 Å². The molecule has 1 fully saturated rings. The average Bonchev–Trinajstić information content (AvgIpc) is 3.68. The maximum Gasteiger partial charge on any atom is 0.420 e. The number of hydrogen-bond donors (Lipinski definition) is 2. The Balaban J connectivity index is 1.48. The van der Waals surface area contributed by atoms with E-state index in [1.54, 1.807) is 0 Å². The van der Waals surface area contributed by atoms with E-state index in [0.29, 0.717) is 9.59 Å². The third-order valence-electron chi connectivity index (χ3n) is 6.64. The fourth-order valence-electron chi connectivity index (χ4n) is 4.51. The minimum Gasteiger partial charge on any atom is -0.342 e. The Bertz CT molecular complexity index is 1700. The molecule has 0 bridgehead atoms. The maximum atomic E-state index is 14.1. The van der Waals surface area contributed by atoms with Crippen molar-refractivity contribution < 1.29 is 35.5 Å². The molecule has 1 aliphatic rings. The molecule has 44 heavy (non-hydrogen) atoms. The summed E-state index contributed by atoms with van der Waals surface area (Å²) in [7, 11) is 0. The van der Waals surface area contributed by atoms with Crippen molar-refractivity contribution in [3.8, 4) is 17.2 Å². The Morgan fingerprint density at radius 3 is 2.45 bits per heavy atom. The minimum absolute atomic E-state index is 0.191. The van der Waals surface area contributed by atoms with Gasteiger partial charge in [-0.05, 0) is 36.4 Å². The molecule has 4 aromatic rings. The van der Waals surface area contributed by atoms with Gasteiger partial charge in [0.15, 0.2) is 17.5 Å². The van der Waals surface area contributed by atoms with Gasteiger partial charge in [0.1, 0.15) is 30.6 Å². The zero-order valence-corrected chi connectivity index (χ0v) is 22.9. The van der Waals surface area contributed by atoms with Crippen molar-refractivity contribution in [1.29, 1.82) is 0 Å². The van der Waals surface area contributed by atoms with E-state index in [2.05, 4.69) is 25.5 Å². The van der Waals surface area contributed by atoms with E-state index in [4.69, 9.17) is 11.6 Å². The van der Waals surface area contributed by atoms with Crippen molar-refractivity contribution in [2.75, 3.05) is 6.54 Å². The summed E-state index contributed by atoms with van der Waals surface area (Å²) in [6.45, 7) is -1.84. The van der Waals surface area contributed by atoms with Crippen LogP contribution in [0.5, 0.6) is 0 Å². The molecule has 1 amide bonds. The van der Waals surface area contributed by atoms with Gasteiger partial charge in [-0.2, -0.15) is 26.3 Å². The normalized spacial score (nSPS) is 18.0. The lowest BCUT2D eigenvalue weighted by Gasteiger charge is -2.24.